The lowest BCUT2D eigenvalue weighted by Gasteiger charge is -2.30. The summed E-state index contributed by atoms with van der Waals surface area (Å²) in [6, 6.07) is 3.56. The zero-order chi connectivity index (χ0) is 17.9. The summed E-state index contributed by atoms with van der Waals surface area (Å²) in [7, 11) is 0. The van der Waals surface area contributed by atoms with Crippen molar-refractivity contribution in [2.75, 3.05) is 13.1 Å². The molecule has 1 saturated heterocycles. The summed E-state index contributed by atoms with van der Waals surface area (Å²) in [5.74, 6) is 1.21. The number of piperidine rings is 1. The Morgan fingerprint density at radius 2 is 2.04 bits per heavy atom. The fourth-order valence-electron chi connectivity index (χ4n) is 3.11. The SMILES string of the molecule is Cc1ncncc1-c1nnc(C2CCN(C(=O)c3cccnc3)CC2)o1. The van der Waals surface area contributed by atoms with Crippen molar-refractivity contribution < 1.29 is 9.21 Å². The Morgan fingerprint density at radius 1 is 1.19 bits per heavy atom. The fourth-order valence-corrected chi connectivity index (χ4v) is 3.11. The summed E-state index contributed by atoms with van der Waals surface area (Å²) in [4.78, 5) is 26.5. The summed E-state index contributed by atoms with van der Waals surface area (Å²) < 4.78 is 5.85. The van der Waals surface area contributed by atoms with Crippen molar-refractivity contribution in [3.8, 4) is 11.5 Å². The molecule has 3 aromatic rings. The lowest BCUT2D eigenvalue weighted by Crippen LogP contribution is -2.38. The van der Waals surface area contributed by atoms with Crippen LogP contribution in [0.1, 0.15) is 40.7 Å². The number of carbonyl (C=O) groups is 1. The van der Waals surface area contributed by atoms with Crippen LogP contribution in [0.15, 0.2) is 41.5 Å². The molecule has 1 amide bonds. The maximum absolute atomic E-state index is 12.5. The third kappa shape index (κ3) is 3.17. The van der Waals surface area contributed by atoms with Crippen molar-refractivity contribution in [3.63, 3.8) is 0 Å². The number of aromatic nitrogens is 5. The Bertz CT molecular complexity index is 903. The third-order valence-electron chi connectivity index (χ3n) is 4.62. The Kier molecular flexibility index (Phi) is 4.39. The average molecular weight is 350 g/mol. The van der Waals surface area contributed by atoms with E-state index in [-0.39, 0.29) is 11.8 Å². The van der Waals surface area contributed by atoms with Crippen molar-refractivity contribution in [1.82, 2.24) is 30.0 Å². The minimum atomic E-state index is 0.0137. The van der Waals surface area contributed by atoms with Crippen LogP contribution in [0.2, 0.25) is 0 Å². The molecule has 1 aliphatic heterocycles. The Balaban J connectivity index is 1.43. The van der Waals surface area contributed by atoms with Crippen molar-refractivity contribution in [1.29, 1.82) is 0 Å². The van der Waals surface area contributed by atoms with E-state index in [1.54, 1.807) is 30.7 Å². The zero-order valence-corrected chi connectivity index (χ0v) is 14.4. The monoisotopic (exact) mass is 350 g/mol. The molecule has 26 heavy (non-hydrogen) atoms. The highest BCUT2D eigenvalue weighted by molar-refractivity contribution is 5.93. The van der Waals surface area contributed by atoms with Crippen LogP contribution in [0.3, 0.4) is 0 Å². The maximum atomic E-state index is 12.5. The molecule has 1 aliphatic rings. The van der Waals surface area contributed by atoms with Crippen molar-refractivity contribution >= 4 is 5.91 Å². The molecular weight excluding hydrogens is 332 g/mol. The number of pyridine rings is 1. The second-order valence-electron chi connectivity index (χ2n) is 6.28. The summed E-state index contributed by atoms with van der Waals surface area (Å²) >= 11 is 0. The first-order valence-corrected chi connectivity index (χ1v) is 8.52. The van der Waals surface area contributed by atoms with Crippen LogP contribution >= 0.6 is 0 Å². The third-order valence-corrected chi connectivity index (χ3v) is 4.62. The molecule has 0 radical (unpaired) electrons. The van der Waals surface area contributed by atoms with Gasteiger partial charge in [0.05, 0.1) is 16.8 Å². The van der Waals surface area contributed by atoms with Gasteiger partial charge in [-0.1, -0.05) is 0 Å². The van der Waals surface area contributed by atoms with Crippen LogP contribution in [0.25, 0.3) is 11.5 Å². The van der Waals surface area contributed by atoms with Crippen LogP contribution in [-0.4, -0.2) is 49.0 Å². The predicted octanol–water partition coefficient (Wildman–Crippen LogP) is 2.25. The molecule has 0 bridgehead atoms. The highest BCUT2D eigenvalue weighted by Gasteiger charge is 2.28. The quantitative estimate of drug-likeness (QED) is 0.714. The molecule has 0 aliphatic carbocycles. The number of hydrogen-bond donors (Lipinski definition) is 0. The van der Waals surface area contributed by atoms with Gasteiger partial charge in [-0.2, -0.15) is 0 Å². The fraction of sp³-hybridized carbons (Fsp3) is 0.333. The van der Waals surface area contributed by atoms with Gasteiger partial charge in [0.1, 0.15) is 6.33 Å². The molecule has 1 fully saturated rings. The molecule has 0 saturated carbocycles. The molecule has 8 heteroatoms. The maximum Gasteiger partial charge on any atom is 0.255 e. The zero-order valence-electron chi connectivity index (χ0n) is 14.4. The summed E-state index contributed by atoms with van der Waals surface area (Å²) in [6.45, 7) is 3.19. The minimum absolute atomic E-state index is 0.0137. The summed E-state index contributed by atoms with van der Waals surface area (Å²) in [5, 5.41) is 8.34. The second kappa shape index (κ2) is 6.99. The van der Waals surface area contributed by atoms with Gasteiger partial charge in [0.15, 0.2) is 0 Å². The van der Waals surface area contributed by atoms with E-state index in [2.05, 4.69) is 25.1 Å². The topological polar surface area (TPSA) is 97.9 Å². The largest absolute Gasteiger partial charge is 0.420 e. The van der Waals surface area contributed by atoms with E-state index in [0.29, 0.717) is 30.4 Å². The number of likely N-dealkylation sites (tertiary alicyclic amines) is 1. The highest BCUT2D eigenvalue weighted by Crippen LogP contribution is 2.30. The van der Waals surface area contributed by atoms with Gasteiger partial charge in [-0.25, -0.2) is 9.97 Å². The molecule has 0 N–H and O–H groups in total. The van der Waals surface area contributed by atoms with Gasteiger partial charge in [-0.15, -0.1) is 10.2 Å². The van der Waals surface area contributed by atoms with Crippen LogP contribution in [0.4, 0.5) is 0 Å². The molecule has 4 rings (SSSR count). The van der Waals surface area contributed by atoms with Gasteiger partial charge >= 0.3 is 0 Å². The van der Waals surface area contributed by atoms with E-state index >= 15 is 0 Å². The van der Waals surface area contributed by atoms with Gasteiger partial charge in [-0.05, 0) is 31.9 Å². The van der Waals surface area contributed by atoms with E-state index in [9.17, 15) is 4.79 Å². The van der Waals surface area contributed by atoms with Gasteiger partial charge < -0.3 is 9.32 Å². The van der Waals surface area contributed by atoms with E-state index in [1.807, 2.05) is 11.8 Å². The normalized spacial score (nSPS) is 15.2. The van der Waals surface area contributed by atoms with Crippen molar-refractivity contribution in [2.24, 2.45) is 0 Å². The summed E-state index contributed by atoms with van der Waals surface area (Å²) in [6.07, 6.45) is 8.01. The molecule has 8 nitrogen and oxygen atoms in total. The number of carbonyl (C=O) groups excluding carboxylic acids is 1. The number of aryl methyl sites for hydroxylation is 1. The number of nitrogens with zero attached hydrogens (tertiary/aromatic N) is 6. The van der Waals surface area contributed by atoms with Gasteiger partial charge in [-0.3, -0.25) is 9.78 Å². The van der Waals surface area contributed by atoms with Gasteiger partial charge in [0, 0.05) is 37.6 Å². The standard InChI is InChI=1S/C18H18N6O2/c1-12-15(10-20-11-21-12)17-23-22-16(26-17)13-4-7-24(8-5-13)18(25)14-3-2-6-19-9-14/h2-3,6,9-11,13H,4-5,7-8H2,1H3. The first-order chi connectivity index (χ1) is 12.7. The van der Waals surface area contributed by atoms with Crippen molar-refractivity contribution in [2.45, 2.75) is 25.7 Å². The van der Waals surface area contributed by atoms with E-state index in [0.717, 1.165) is 24.1 Å². The number of amides is 1. The number of hydrogen-bond acceptors (Lipinski definition) is 7. The smallest absolute Gasteiger partial charge is 0.255 e. The van der Waals surface area contributed by atoms with Crippen LogP contribution in [0, 0.1) is 6.92 Å². The van der Waals surface area contributed by atoms with Gasteiger partial charge in [0.2, 0.25) is 5.89 Å². The Labute approximate surface area is 150 Å². The van der Waals surface area contributed by atoms with E-state index in [1.165, 1.54) is 6.33 Å². The molecule has 0 aromatic carbocycles. The van der Waals surface area contributed by atoms with Crippen LogP contribution < -0.4 is 0 Å². The average Bonchev–Trinajstić information content (AvgIpc) is 3.18. The van der Waals surface area contributed by atoms with Crippen LogP contribution in [0.5, 0.6) is 0 Å². The van der Waals surface area contributed by atoms with Crippen molar-refractivity contribution in [3.05, 3.63) is 54.2 Å². The lowest BCUT2D eigenvalue weighted by atomic mass is 9.96. The lowest BCUT2D eigenvalue weighted by molar-refractivity contribution is 0.0706. The minimum Gasteiger partial charge on any atom is -0.420 e. The van der Waals surface area contributed by atoms with Crippen LogP contribution in [-0.2, 0) is 0 Å². The number of rotatable bonds is 3. The Morgan fingerprint density at radius 3 is 2.77 bits per heavy atom. The van der Waals surface area contributed by atoms with Gasteiger partial charge in [0.25, 0.3) is 11.8 Å². The Hall–Kier alpha value is -3.16. The van der Waals surface area contributed by atoms with E-state index < -0.39 is 0 Å². The first-order valence-electron chi connectivity index (χ1n) is 8.52. The summed E-state index contributed by atoms with van der Waals surface area (Å²) in [5.41, 5.74) is 2.16. The first kappa shape index (κ1) is 16.3. The molecule has 0 spiro atoms. The highest BCUT2D eigenvalue weighted by atomic mass is 16.4. The molecule has 132 valence electrons. The predicted molar refractivity (Wildman–Crippen MR) is 92.2 cm³/mol. The van der Waals surface area contributed by atoms with E-state index in [4.69, 9.17) is 4.42 Å². The second-order valence-corrected chi connectivity index (χ2v) is 6.28. The molecule has 3 aromatic heterocycles. The molecule has 0 unspecified atom stereocenters. The molecule has 4 heterocycles. The molecular formula is C18H18N6O2. The molecule has 0 atom stereocenters.